The highest BCUT2D eigenvalue weighted by atomic mass is 32.2. The largest absolute Gasteiger partial charge is 0.397 e. The van der Waals surface area contributed by atoms with Gasteiger partial charge in [-0.1, -0.05) is 5.92 Å². The highest BCUT2D eigenvalue weighted by Crippen LogP contribution is 2.27. The molecule has 0 saturated heterocycles. The first-order valence-electron chi connectivity index (χ1n) is 4.72. The summed E-state index contributed by atoms with van der Waals surface area (Å²) in [4.78, 5) is 16.3. The lowest BCUT2D eigenvalue weighted by Crippen LogP contribution is -2.31. The lowest BCUT2D eigenvalue weighted by atomic mass is 10.4. The van der Waals surface area contributed by atoms with Gasteiger partial charge in [-0.05, 0) is 13.0 Å². The second-order valence-corrected chi connectivity index (χ2v) is 4.48. The van der Waals surface area contributed by atoms with Gasteiger partial charge in [0.25, 0.3) is 0 Å². The Morgan fingerprint density at radius 1 is 1.81 bits per heavy atom. The molecule has 84 valence electrons. The van der Waals surface area contributed by atoms with E-state index in [1.54, 1.807) is 25.4 Å². The van der Waals surface area contributed by atoms with Gasteiger partial charge in [0.15, 0.2) is 0 Å². The number of hydrogen-bond donors (Lipinski definition) is 2. The fourth-order valence-corrected chi connectivity index (χ4v) is 1.93. The van der Waals surface area contributed by atoms with Gasteiger partial charge in [0.1, 0.15) is 0 Å². The Kier molecular flexibility index (Phi) is 4.67. The predicted octanol–water partition coefficient (Wildman–Crippen LogP) is 0.894. The number of amides is 1. The Hall–Kier alpha value is -1.67. The van der Waals surface area contributed by atoms with Crippen molar-refractivity contribution in [3.05, 3.63) is 18.5 Å². The lowest BCUT2D eigenvalue weighted by Gasteiger charge is -2.11. The van der Waals surface area contributed by atoms with Gasteiger partial charge < -0.3 is 11.1 Å². The molecule has 0 aliphatic carbocycles. The molecule has 16 heavy (non-hydrogen) atoms. The van der Waals surface area contributed by atoms with Crippen LogP contribution in [-0.2, 0) is 4.79 Å². The molecule has 1 rings (SSSR count). The van der Waals surface area contributed by atoms with E-state index in [1.165, 1.54) is 11.8 Å². The van der Waals surface area contributed by atoms with Crippen LogP contribution in [0.5, 0.6) is 0 Å². The third-order valence-corrected chi connectivity index (χ3v) is 3.04. The van der Waals surface area contributed by atoms with Gasteiger partial charge in [-0.3, -0.25) is 9.78 Å². The Balaban J connectivity index is 2.58. The first-order chi connectivity index (χ1) is 7.65. The molecule has 1 atom stereocenters. The van der Waals surface area contributed by atoms with Gasteiger partial charge in [-0.25, -0.2) is 0 Å². The van der Waals surface area contributed by atoms with Gasteiger partial charge in [-0.15, -0.1) is 18.2 Å². The Morgan fingerprint density at radius 2 is 2.56 bits per heavy atom. The Labute approximate surface area is 99.0 Å². The minimum Gasteiger partial charge on any atom is -0.397 e. The van der Waals surface area contributed by atoms with E-state index < -0.39 is 0 Å². The molecule has 1 unspecified atom stereocenters. The molecule has 0 saturated carbocycles. The molecule has 0 aromatic carbocycles. The Morgan fingerprint density at radius 3 is 3.19 bits per heavy atom. The minimum absolute atomic E-state index is 0.0980. The van der Waals surface area contributed by atoms with E-state index in [9.17, 15) is 4.79 Å². The molecule has 0 bridgehead atoms. The molecular weight excluding hydrogens is 222 g/mol. The normalized spacial score (nSPS) is 11.5. The lowest BCUT2D eigenvalue weighted by molar-refractivity contribution is -0.120. The van der Waals surface area contributed by atoms with Crippen LogP contribution in [0.25, 0.3) is 0 Å². The quantitative estimate of drug-likeness (QED) is 0.601. The van der Waals surface area contributed by atoms with Crippen molar-refractivity contribution in [1.82, 2.24) is 10.3 Å². The van der Waals surface area contributed by atoms with Crippen molar-refractivity contribution in [3.8, 4) is 12.3 Å². The van der Waals surface area contributed by atoms with E-state index in [0.29, 0.717) is 5.69 Å². The number of aromatic nitrogens is 1. The highest BCUT2D eigenvalue weighted by molar-refractivity contribution is 8.00. The summed E-state index contributed by atoms with van der Waals surface area (Å²) in [6.07, 6.45) is 8.26. The maximum Gasteiger partial charge on any atom is 0.233 e. The number of nitrogen functional groups attached to an aromatic ring is 1. The summed E-state index contributed by atoms with van der Waals surface area (Å²) in [5, 5.41) is 2.38. The first-order valence-corrected chi connectivity index (χ1v) is 5.60. The molecule has 0 radical (unpaired) electrons. The number of nitrogens with one attached hydrogen (secondary N) is 1. The summed E-state index contributed by atoms with van der Waals surface area (Å²) in [5.41, 5.74) is 6.29. The third-order valence-electron chi connectivity index (χ3n) is 1.85. The number of terminal acetylenes is 1. The molecule has 1 aromatic heterocycles. The minimum atomic E-state index is -0.238. The molecular formula is C11H13N3OS. The molecule has 1 heterocycles. The van der Waals surface area contributed by atoms with Gasteiger partial charge in [0, 0.05) is 11.1 Å². The highest BCUT2D eigenvalue weighted by Gasteiger charge is 2.14. The second kappa shape index (κ2) is 6.03. The second-order valence-electron chi connectivity index (χ2n) is 3.10. The zero-order chi connectivity index (χ0) is 12.0. The number of hydrogen-bond acceptors (Lipinski definition) is 4. The summed E-state index contributed by atoms with van der Waals surface area (Å²) >= 11 is 1.38. The van der Waals surface area contributed by atoms with E-state index in [1.807, 2.05) is 0 Å². The van der Waals surface area contributed by atoms with Gasteiger partial charge in [-0.2, -0.15) is 0 Å². The van der Waals surface area contributed by atoms with Crippen LogP contribution >= 0.6 is 11.8 Å². The van der Waals surface area contributed by atoms with Crippen LogP contribution in [0.15, 0.2) is 23.4 Å². The number of carbonyl (C=O) groups is 1. The van der Waals surface area contributed by atoms with Crippen molar-refractivity contribution in [2.24, 2.45) is 0 Å². The summed E-state index contributed by atoms with van der Waals surface area (Å²) in [7, 11) is 0. The van der Waals surface area contributed by atoms with Crippen molar-refractivity contribution < 1.29 is 4.79 Å². The van der Waals surface area contributed by atoms with E-state index >= 15 is 0 Å². The molecule has 0 fully saturated rings. The van der Waals surface area contributed by atoms with Crippen LogP contribution in [0.3, 0.4) is 0 Å². The molecule has 4 nitrogen and oxygen atoms in total. The number of nitrogens with two attached hydrogens (primary N) is 1. The first kappa shape index (κ1) is 12.4. The van der Waals surface area contributed by atoms with E-state index in [4.69, 9.17) is 12.2 Å². The molecule has 0 aliphatic rings. The van der Waals surface area contributed by atoms with Gasteiger partial charge in [0.2, 0.25) is 5.91 Å². The molecule has 0 spiro atoms. The zero-order valence-corrected chi connectivity index (χ0v) is 9.75. The summed E-state index contributed by atoms with van der Waals surface area (Å²) in [6, 6.07) is 1.78. The van der Waals surface area contributed by atoms with Crippen LogP contribution in [0.1, 0.15) is 6.92 Å². The number of anilines is 1. The van der Waals surface area contributed by atoms with Crippen molar-refractivity contribution in [2.45, 2.75) is 17.1 Å². The van der Waals surface area contributed by atoms with E-state index in [0.717, 1.165) is 4.90 Å². The summed E-state index contributed by atoms with van der Waals surface area (Å²) in [6.45, 7) is 2.05. The number of rotatable bonds is 4. The average Bonchev–Trinajstić information content (AvgIpc) is 2.28. The van der Waals surface area contributed by atoms with Crippen molar-refractivity contribution in [3.63, 3.8) is 0 Å². The SMILES string of the molecule is C#CCNC(=O)C(C)Sc1ccncc1N. The topological polar surface area (TPSA) is 68.0 Å². The molecule has 5 heteroatoms. The molecule has 3 N–H and O–H groups in total. The molecule has 1 amide bonds. The molecule has 0 aliphatic heterocycles. The summed E-state index contributed by atoms with van der Waals surface area (Å²) in [5.74, 6) is 2.25. The maximum atomic E-state index is 11.5. The average molecular weight is 235 g/mol. The van der Waals surface area contributed by atoms with Gasteiger partial charge >= 0.3 is 0 Å². The van der Waals surface area contributed by atoms with E-state index in [2.05, 4.69) is 16.2 Å². The van der Waals surface area contributed by atoms with Gasteiger partial charge in [0.05, 0.1) is 23.7 Å². The smallest absolute Gasteiger partial charge is 0.233 e. The number of pyridine rings is 1. The van der Waals surface area contributed by atoms with Crippen LogP contribution in [-0.4, -0.2) is 22.7 Å². The standard InChI is InChI=1S/C11H13N3OS/c1-3-5-14-11(15)8(2)16-10-4-6-13-7-9(10)12/h1,4,6-8H,5,12H2,2H3,(H,14,15). The third kappa shape index (κ3) is 3.48. The zero-order valence-electron chi connectivity index (χ0n) is 8.93. The van der Waals surface area contributed by atoms with Crippen LogP contribution in [0.4, 0.5) is 5.69 Å². The van der Waals surface area contributed by atoms with Crippen LogP contribution < -0.4 is 11.1 Å². The molecule has 1 aromatic rings. The predicted molar refractivity (Wildman–Crippen MR) is 65.8 cm³/mol. The maximum absolute atomic E-state index is 11.5. The van der Waals surface area contributed by atoms with E-state index in [-0.39, 0.29) is 17.7 Å². The Bertz CT molecular complexity index is 414. The fourth-order valence-electron chi connectivity index (χ4n) is 1.03. The van der Waals surface area contributed by atoms with Crippen molar-refractivity contribution in [2.75, 3.05) is 12.3 Å². The monoisotopic (exact) mass is 235 g/mol. The number of nitrogens with zero attached hydrogens (tertiary/aromatic N) is 1. The number of thioether (sulfide) groups is 1. The van der Waals surface area contributed by atoms with Crippen molar-refractivity contribution >= 4 is 23.4 Å². The van der Waals surface area contributed by atoms with Crippen LogP contribution in [0.2, 0.25) is 0 Å². The van der Waals surface area contributed by atoms with Crippen LogP contribution in [0, 0.1) is 12.3 Å². The number of carbonyl (C=O) groups excluding carboxylic acids is 1. The summed E-state index contributed by atoms with van der Waals surface area (Å²) < 4.78 is 0. The fraction of sp³-hybridized carbons (Fsp3) is 0.273. The van der Waals surface area contributed by atoms with Crippen molar-refractivity contribution in [1.29, 1.82) is 0 Å².